The highest BCUT2D eigenvalue weighted by Crippen LogP contribution is 2.33. The molecule has 0 saturated heterocycles. The van der Waals surface area contributed by atoms with Crippen LogP contribution in [0.15, 0.2) is 29.9 Å². The zero-order chi connectivity index (χ0) is 16.4. The third kappa shape index (κ3) is 3.67. The Kier molecular flexibility index (Phi) is 4.87. The lowest BCUT2D eigenvalue weighted by atomic mass is 10.3. The molecule has 118 valence electrons. The summed E-state index contributed by atoms with van der Waals surface area (Å²) in [6.07, 6.45) is 1.39. The first kappa shape index (κ1) is 16.3. The van der Waals surface area contributed by atoms with Gasteiger partial charge in [-0.05, 0) is 23.6 Å². The number of halogens is 3. The molecular formula is C14H8Cl3N3O2S. The van der Waals surface area contributed by atoms with Gasteiger partial charge in [-0.25, -0.2) is 9.97 Å². The second-order valence-corrected chi connectivity index (χ2v) is 6.54. The van der Waals surface area contributed by atoms with E-state index in [0.717, 1.165) is 10.2 Å². The number of anilines is 1. The average molecular weight is 389 g/mol. The average Bonchev–Trinajstić information content (AvgIpc) is 2.97. The maximum Gasteiger partial charge on any atom is 0.262 e. The summed E-state index contributed by atoms with van der Waals surface area (Å²) in [5, 5.41) is 6.10. The maximum absolute atomic E-state index is 12.0. The molecule has 2 heterocycles. The molecule has 1 N–H and O–H groups in total. The van der Waals surface area contributed by atoms with Gasteiger partial charge in [0.05, 0.1) is 21.1 Å². The van der Waals surface area contributed by atoms with Gasteiger partial charge < -0.3 is 10.1 Å². The highest BCUT2D eigenvalue weighted by molar-refractivity contribution is 7.16. The Hall–Kier alpha value is -1.60. The van der Waals surface area contributed by atoms with Gasteiger partial charge in [0.2, 0.25) is 5.88 Å². The van der Waals surface area contributed by atoms with E-state index in [9.17, 15) is 4.79 Å². The van der Waals surface area contributed by atoms with E-state index in [1.807, 2.05) is 11.4 Å². The second-order valence-electron chi connectivity index (χ2n) is 4.40. The van der Waals surface area contributed by atoms with Gasteiger partial charge in [0.15, 0.2) is 6.61 Å². The third-order valence-electron chi connectivity index (χ3n) is 2.84. The molecule has 0 spiro atoms. The van der Waals surface area contributed by atoms with Gasteiger partial charge >= 0.3 is 0 Å². The summed E-state index contributed by atoms with van der Waals surface area (Å²) < 4.78 is 5.45. The standard InChI is InChI=1S/C14H8Cl3N3O2S/c15-7-3-9(16)12(10(17)4-7)20-11(21)5-22-13-8-1-2-23-14(8)19-6-18-13/h1-4,6H,5H2,(H,20,21). The first-order valence-corrected chi connectivity index (χ1v) is 8.31. The molecule has 2 aromatic heterocycles. The molecule has 0 aliphatic carbocycles. The van der Waals surface area contributed by atoms with Gasteiger partial charge in [-0.15, -0.1) is 11.3 Å². The van der Waals surface area contributed by atoms with Crippen LogP contribution in [-0.2, 0) is 4.79 Å². The quantitative estimate of drug-likeness (QED) is 0.705. The molecule has 23 heavy (non-hydrogen) atoms. The van der Waals surface area contributed by atoms with Crippen molar-refractivity contribution in [1.29, 1.82) is 0 Å². The van der Waals surface area contributed by atoms with Crippen LogP contribution in [0.3, 0.4) is 0 Å². The van der Waals surface area contributed by atoms with Crippen molar-refractivity contribution in [3.63, 3.8) is 0 Å². The van der Waals surface area contributed by atoms with Crippen LogP contribution >= 0.6 is 46.1 Å². The van der Waals surface area contributed by atoms with Gasteiger partial charge in [-0.1, -0.05) is 34.8 Å². The van der Waals surface area contributed by atoms with Crippen molar-refractivity contribution in [1.82, 2.24) is 9.97 Å². The number of thiophene rings is 1. The number of nitrogens with zero attached hydrogens (tertiary/aromatic N) is 2. The van der Waals surface area contributed by atoms with Crippen LogP contribution in [0.5, 0.6) is 5.88 Å². The fourth-order valence-corrected chi connectivity index (χ4v) is 3.49. The van der Waals surface area contributed by atoms with Gasteiger partial charge in [0.1, 0.15) is 11.2 Å². The number of hydrogen-bond donors (Lipinski definition) is 1. The first-order chi connectivity index (χ1) is 11.0. The molecule has 0 radical (unpaired) electrons. The molecule has 3 aromatic rings. The van der Waals surface area contributed by atoms with Crippen molar-refractivity contribution >= 4 is 68.0 Å². The Labute approximate surface area is 150 Å². The number of ether oxygens (including phenoxy) is 1. The molecule has 0 unspecified atom stereocenters. The Morgan fingerprint density at radius 2 is 1.96 bits per heavy atom. The van der Waals surface area contributed by atoms with Crippen LogP contribution in [0.1, 0.15) is 0 Å². The van der Waals surface area contributed by atoms with Crippen molar-refractivity contribution in [2.45, 2.75) is 0 Å². The second kappa shape index (κ2) is 6.88. The molecule has 1 amide bonds. The predicted octanol–water partition coefficient (Wildman–Crippen LogP) is 4.67. The van der Waals surface area contributed by atoms with Crippen LogP contribution in [-0.4, -0.2) is 22.5 Å². The van der Waals surface area contributed by atoms with Crippen LogP contribution in [0, 0.1) is 0 Å². The number of aromatic nitrogens is 2. The van der Waals surface area contributed by atoms with Gasteiger partial charge in [0, 0.05) is 5.02 Å². The van der Waals surface area contributed by atoms with Crippen molar-refractivity contribution in [3.05, 3.63) is 45.0 Å². The van der Waals surface area contributed by atoms with Crippen molar-refractivity contribution in [3.8, 4) is 5.88 Å². The van der Waals surface area contributed by atoms with Gasteiger partial charge in [-0.2, -0.15) is 0 Å². The number of carbonyl (C=O) groups is 1. The molecule has 0 atom stereocenters. The molecule has 0 aliphatic heterocycles. The van der Waals surface area contributed by atoms with Crippen molar-refractivity contribution in [2.24, 2.45) is 0 Å². The van der Waals surface area contributed by atoms with E-state index in [1.165, 1.54) is 29.8 Å². The van der Waals surface area contributed by atoms with E-state index in [1.54, 1.807) is 0 Å². The summed E-state index contributed by atoms with van der Waals surface area (Å²) in [7, 11) is 0. The molecule has 0 aliphatic rings. The van der Waals surface area contributed by atoms with Crippen molar-refractivity contribution < 1.29 is 9.53 Å². The van der Waals surface area contributed by atoms with E-state index in [0.29, 0.717) is 10.9 Å². The van der Waals surface area contributed by atoms with Gasteiger partial charge in [-0.3, -0.25) is 4.79 Å². The molecular weight excluding hydrogens is 381 g/mol. The lowest BCUT2D eigenvalue weighted by Gasteiger charge is -2.10. The first-order valence-electron chi connectivity index (χ1n) is 6.30. The highest BCUT2D eigenvalue weighted by Gasteiger charge is 2.13. The van der Waals surface area contributed by atoms with Crippen LogP contribution < -0.4 is 10.1 Å². The highest BCUT2D eigenvalue weighted by atomic mass is 35.5. The summed E-state index contributed by atoms with van der Waals surface area (Å²) in [5.74, 6) is -0.0715. The van der Waals surface area contributed by atoms with E-state index in [2.05, 4.69) is 15.3 Å². The Balaban J connectivity index is 1.70. The Bertz CT molecular complexity index is 862. The zero-order valence-electron chi connectivity index (χ0n) is 11.3. The molecule has 3 rings (SSSR count). The lowest BCUT2D eigenvalue weighted by molar-refractivity contribution is -0.118. The third-order valence-corrected chi connectivity index (χ3v) is 4.47. The Morgan fingerprint density at radius 1 is 1.22 bits per heavy atom. The van der Waals surface area contributed by atoms with Crippen LogP contribution in [0.2, 0.25) is 15.1 Å². The van der Waals surface area contributed by atoms with Crippen LogP contribution in [0.25, 0.3) is 10.2 Å². The fraction of sp³-hybridized carbons (Fsp3) is 0.0714. The fourth-order valence-electron chi connectivity index (χ4n) is 1.85. The number of hydrogen-bond acceptors (Lipinski definition) is 5. The van der Waals surface area contributed by atoms with Crippen molar-refractivity contribution in [2.75, 3.05) is 11.9 Å². The number of benzene rings is 1. The lowest BCUT2D eigenvalue weighted by Crippen LogP contribution is -2.21. The number of carbonyl (C=O) groups excluding carboxylic acids is 1. The monoisotopic (exact) mass is 387 g/mol. The number of amides is 1. The summed E-state index contributed by atoms with van der Waals surface area (Å²) in [6, 6.07) is 4.82. The summed E-state index contributed by atoms with van der Waals surface area (Å²) in [6.45, 7) is -0.239. The van der Waals surface area contributed by atoms with E-state index < -0.39 is 5.91 Å². The smallest absolute Gasteiger partial charge is 0.262 e. The zero-order valence-corrected chi connectivity index (χ0v) is 14.4. The topological polar surface area (TPSA) is 64.1 Å². The van der Waals surface area contributed by atoms with E-state index in [4.69, 9.17) is 39.5 Å². The minimum atomic E-state index is -0.418. The summed E-state index contributed by atoms with van der Waals surface area (Å²) in [4.78, 5) is 20.9. The molecule has 5 nitrogen and oxygen atoms in total. The summed E-state index contributed by atoms with van der Waals surface area (Å²) in [5.41, 5.74) is 0.287. The summed E-state index contributed by atoms with van der Waals surface area (Å²) >= 11 is 19.3. The molecule has 0 saturated carbocycles. The maximum atomic E-state index is 12.0. The minimum absolute atomic E-state index is 0.239. The SMILES string of the molecule is O=C(COc1ncnc2sccc12)Nc1c(Cl)cc(Cl)cc1Cl. The predicted molar refractivity (Wildman–Crippen MR) is 93.0 cm³/mol. The Morgan fingerprint density at radius 3 is 2.70 bits per heavy atom. The number of fused-ring (bicyclic) bond motifs is 1. The van der Waals surface area contributed by atoms with E-state index >= 15 is 0 Å². The molecule has 9 heteroatoms. The number of nitrogens with one attached hydrogen (secondary N) is 1. The van der Waals surface area contributed by atoms with Gasteiger partial charge in [0.25, 0.3) is 5.91 Å². The van der Waals surface area contributed by atoms with E-state index in [-0.39, 0.29) is 22.3 Å². The molecule has 0 fully saturated rings. The number of rotatable bonds is 4. The van der Waals surface area contributed by atoms with Crippen LogP contribution in [0.4, 0.5) is 5.69 Å². The largest absolute Gasteiger partial charge is 0.467 e. The minimum Gasteiger partial charge on any atom is -0.467 e. The molecule has 1 aromatic carbocycles. The normalized spacial score (nSPS) is 10.7. The molecule has 0 bridgehead atoms.